The van der Waals surface area contributed by atoms with Crippen LogP contribution >= 0.6 is 11.8 Å². The summed E-state index contributed by atoms with van der Waals surface area (Å²) in [5, 5.41) is 4.27. The summed E-state index contributed by atoms with van der Waals surface area (Å²) >= 11 is 0.953. The van der Waals surface area contributed by atoms with Gasteiger partial charge in [0.05, 0.1) is 32.1 Å². The molecule has 1 aliphatic heterocycles. The summed E-state index contributed by atoms with van der Waals surface area (Å²) in [6.07, 6.45) is 0.336. The van der Waals surface area contributed by atoms with Gasteiger partial charge in [-0.2, -0.15) is 0 Å². The Hall–Kier alpha value is -3.20. The van der Waals surface area contributed by atoms with Gasteiger partial charge >= 0.3 is 0 Å². The molecule has 1 saturated heterocycles. The summed E-state index contributed by atoms with van der Waals surface area (Å²) in [7, 11) is 4.59. The van der Waals surface area contributed by atoms with Crippen molar-refractivity contribution < 1.29 is 28.6 Å². The lowest BCUT2D eigenvalue weighted by Crippen LogP contribution is -2.26. The first kappa shape index (κ1) is 21.5. The molecule has 2 N–H and O–H groups in total. The molecule has 0 saturated carbocycles. The highest BCUT2D eigenvalue weighted by molar-refractivity contribution is 8.15. The number of carbonyl (C=O) groups is 3. The average molecular weight is 430 g/mol. The smallest absolute Gasteiger partial charge is 0.286 e. The van der Waals surface area contributed by atoms with Crippen LogP contribution in [0.3, 0.4) is 0 Å². The molecule has 1 heterocycles. The van der Waals surface area contributed by atoms with Crippen molar-refractivity contribution in [3.63, 3.8) is 0 Å². The number of carbonyl (C=O) groups excluding carboxylic acids is 3. The summed E-state index contributed by atoms with van der Waals surface area (Å²) in [6.45, 7) is 0.280. The van der Waals surface area contributed by atoms with E-state index in [0.717, 1.165) is 22.9 Å². The standard InChI is InChI=1S/C21H22N2O6S/c1-27-15-6-4-12(10-18-20(25)23-21(26)30-18)8-14(15)19(24)22-11-13-5-7-16(28-2)17(9-13)29-3/h4-9,18H,10-11H2,1-3H3,(H,22,24)(H,23,25,26). The van der Waals surface area contributed by atoms with Gasteiger partial charge in [0.25, 0.3) is 11.1 Å². The first-order chi connectivity index (χ1) is 14.4. The molecule has 0 aromatic heterocycles. The van der Waals surface area contributed by atoms with Crippen molar-refractivity contribution in [3.05, 3.63) is 53.1 Å². The number of ether oxygens (including phenoxy) is 3. The fourth-order valence-electron chi connectivity index (χ4n) is 3.07. The van der Waals surface area contributed by atoms with Crippen LogP contribution < -0.4 is 24.8 Å². The van der Waals surface area contributed by atoms with E-state index in [4.69, 9.17) is 14.2 Å². The first-order valence-electron chi connectivity index (χ1n) is 9.12. The van der Waals surface area contributed by atoms with E-state index >= 15 is 0 Å². The quantitative estimate of drug-likeness (QED) is 0.663. The number of thioether (sulfide) groups is 1. The number of benzene rings is 2. The van der Waals surface area contributed by atoms with Crippen molar-refractivity contribution in [3.8, 4) is 17.2 Å². The third-order valence-corrected chi connectivity index (χ3v) is 5.58. The third kappa shape index (κ3) is 4.85. The molecule has 158 valence electrons. The number of hydrogen-bond acceptors (Lipinski definition) is 7. The Morgan fingerprint density at radius 1 is 0.967 bits per heavy atom. The van der Waals surface area contributed by atoms with E-state index in [-0.39, 0.29) is 23.6 Å². The minimum Gasteiger partial charge on any atom is -0.496 e. The van der Waals surface area contributed by atoms with Gasteiger partial charge in [0.1, 0.15) is 5.75 Å². The van der Waals surface area contributed by atoms with Crippen LogP contribution in [0.15, 0.2) is 36.4 Å². The molecule has 30 heavy (non-hydrogen) atoms. The zero-order valence-corrected chi connectivity index (χ0v) is 17.6. The Labute approximate surface area is 178 Å². The lowest BCUT2D eigenvalue weighted by molar-refractivity contribution is -0.118. The van der Waals surface area contributed by atoms with Gasteiger partial charge in [-0.3, -0.25) is 19.7 Å². The van der Waals surface area contributed by atoms with Crippen molar-refractivity contribution in [1.82, 2.24) is 10.6 Å². The van der Waals surface area contributed by atoms with E-state index in [2.05, 4.69) is 10.6 Å². The van der Waals surface area contributed by atoms with E-state index in [1.165, 1.54) is 7.11 Å². The first-order valence-corrected chi connectivity index (χ1v) is 10.0. The van der Waals surface area contributed by atoms with Crippen LogP contribution in [-0.2, 0) is 17.8 Å². The Kier molecular flexibility index (Phi) is 6.83. The van der Waals surface area contributed by atoms with Crippen LogP contribution in [0.4, 0.5) is 4.79 Å². The predicted octanol–water partition coefficient (Wildman–Crippen LogP) is 2.54. The molecule has 0 spiro atoms. The summed E-state index contributed by atoms with van der Waals surface area (Å²) in [5.74, 6) is 0.964. The third-order valence-electron chi connectivity index (χ3n) is 4.60. The fraction of sp³-hybridized carbons (Fsp3) is 0.286. The monoisotopic (exact) mass is 430 g/mol. The van der Waals surface area contributed by atoms with Crippen LogP contribution in [0.2, 0.25) is 0 Å². The van der Waals surface area contributed by atoms with Gasteiger partial charge in [-0.15, -0.1) is 0 Å². The second-order valence-corrected chi connectivity index (χ2v) is 7.67. The summed E-state index contributed by atoms with van der Waals surface area (Å²) in [6, 6.07) is 10.5. The molecule has 1 fully saturated rings. The molecule has 9 heteroatoms. The van der Waals surface area contributed by atoms with E-state index in [0.29, 0.717) is 29.2 Å². The second kappa shape index (κ2) is 9.53. The minimum absolute atomic E-state index is 0.280. The normalized spacial score (nSPS) is 15.5. The number of rotatable bonds is 8. The van der Waals surface area contributed by atoms with Crippen LogP contribution in [0.25, 0.3) is 0 Å². The number of imide groups is 1. The van der Waals surface area contributed by atoms with Crippen molar-refractivity contribution in [1.29, 1.82) is 0 Å². The average Bonchev–Trinajstić information content (AvgIpc) is 3.08. The van der Waals surface area contributed by atoms with Gasteiger partial charge in [-0.25, -0.2) is 0 Å². The van der Waals surface area contributed by atoms with Gasteiger partial charge in [-0.05, 0) is 41.8 Å². The zero-order valence-electron chi connectivity index (χ0n) is 16.8. The van der Waals surface area contributed by atoms with Crippen LogP contribution in [0.1, 0.15) is 21.5 Å². The summed E-state index contributed by atoms with van der Waals surface area (Å²) in [4.78, 5) is 36.0. The Balaban J connectivity index is 1.73. The maximum Gasteiger partial charge on any atom is 0.286 e. The molecule has 2 aromatic carbocycles. The van der Waals surface area contributed by atoms with E-state index in [9.17, 15) is 14.4 Å². The molecular formula is C21H22N2O6S. The summed E-state index contributed by atoms with van der Waals surface area (Å²) in [5.41, 5.74) is 1.95. The van der Waals surface area contributed by atoms with Gasteiger partial charge in [0.2, 0.25) is 5.91 Å². The molecule has 1 unspecified atom stereocenters. The highest BCUT2D eigenvalue weighted by Gasteiger charge is 2.31. The lowest BCUT2D eigenvalue weighted by Gasteiger charge is -2.13. The molecule has 0 bridgehead atoms. The zero-order chi connectivity index (χ0) is 21.7. The van der Waals surface area contributed by atoms with E-state index in [1.807, 2.05) is 6.07 Å². The molecule has 0 radical (unpaired) electrons. The van der Waals surface area contributed by atoms with Crippen molar-refractivity contribution in [2.24, 2.45) is 0 Å². The number of methoxy groups -OCH3 is 3. The highest BCUT2D eigenvalue weighted by Crippen LogP contribution is 2.28. The van der Waals surface area contributed by atoms with Crippen LogP contribution in [-0.4, -0.2) is 43.6 Å². The molecule has 3 rings (SSSR count). The minimum atomic E-state index is -0.506. The molecule has 1 atom stereocenters. The SMILES string of the molecule is COc1ccc(CNC(=O)c2cc(CC3SC(=O)NC3=O)ccc2OC)cc1OC. The highest BCUT2D eigenvalue weighted by atomic mass is 32.2. The Bertz CT molecular complexity index is 978. The number of amides is 3. The number of hydrogen-bond donors (Lipinski definition) is 2. The second-order valence-electron chi connectivity index (χ2n) is 6.49. The van der Waals surface area contributed by atoms with E-state index < -0.39 is 5.25 Å². The van der Waals surface area contributed by atoms with Gasteiger partial charge in [-0.1, -0.05) is 23.9 Å². The summed E-state index contributed by atoms with van der Waals surface area (Å²) < 4.78 is 15.8. The van der Waals surface area contributed by atoms with Gasteiger partial charge in [0.15, 0.2) is 11.5 Å². The molecular weight excluding hydrogens is 408 g/mol. The Morgan fingerprint density at radius 2 is 1.63 bits per heavy atom. The largest absolute Gasteiger partial charge is 0.496 e. The maximum atomic E-state index is 12.8. The lowest BCUT2D eigenvalue weighted by atomic mass is 10.0. The fourth-order valence-corrected chi connectivity index (χ4v) is 3.93. The molecule has 8 nitrogen and oxygen atoms in total. The molecule has 3 amide bonds. The maximum absolute atomic E-state index is 12.8. The molecule has 0 aliphatic carbocycles. The van der Waals surface area contributed by atoms with Crippen molar-refractivity contribution in [2.75, 3.05) is 21.3 Å². The Morgan fingerprint density at radius 3 is 2.27 bits per heavy atom. The predicted molar refractivity (Wildman–Crippen MR) is 112 cm³/mol. The topological polar surface area (TPSA) is 103 Å². The molecule has 2 aromatic rings. The van der Waals surface area contributed by atoms with E-state index in [1.54, 1.807) is 44.6 Å². The van der Waals surface area contributed by atoms with Crippen LogP contribution in [0.5, 0.6) is 17.2 Å². The number of nitrogens with one attached hydrogen (secondary N) is 2. The van der Waals surface area contributed by atoms with Crippen molar-refractivity contribution >= 4 is 28.8 Å². The van der Waals surface area contributed by atoms with Crippen molar-refractivity contribution in [2.45, 2.75) is 18.2 Å². The van der Waals surface area contributed by atoms with Gasteiger partial charge in [0, 0.05) is 6.54 Å². The van der Waals surface area contributed by atoms with Crippen LogP contribution in [0, 0.1) is 0 Å². The molecule has 1 aliphatic rings. The van der Waals surface area contributed by atoms with Gasteiger partial charge < -0.3 is 19.5 Å².